The topological polar surface area (TPSA) is 63.5 Å². The van der Waals surface area contributed by atoms with Crippen molar-refractivity contribution in [2.24, 2.45) is 0 Å². The number of methoxy groups -OCH3 is 2. The number of nitrogens with one attached hydrogen (secondary N) is 1. The van der Waals surface area contributed by atoms with Crippen molar-refractivity contribution in [3.8, 4) is 11.5 Å². The van der Waals surface area contributed by atoms with Gasteiger partial charge in [-0.2, -0.15) is 0 Å². The molecule has 0 spiro atoms. The number of benzene rings is 1. The van der Waals surface area contributed by atoms with Crippen LogP contribution >= 0.6 is 11.8 Å². The first-order chi connectivity index (χ1) is 12.6. The van der Waals surface area contributed by atoms with E-state index in [0.717, 1.165) is 50.0 Å². The van der Waals surface area contributed by atoms with Gasteiger partial charge >= 0.3 is 0 Å². The summed E-state index contributed by atoms with van der Waals surface area (Å²) in [5.41, 5.74) is 1.19. The summed E-state index contributed by atoms with van der Waals surface area (Å²) < 4.78 is 10.6. The van der Waals surface area contributed by atoms with Gasteiger partial charge in [0.1, 0.15) is 13.1 Å². The summed E-state index contributed by atoms with van der Waals surface area (Å²) >= 11 is 1.29. The van der Waals surface area contributed by atoms with Gasteiger partial charge in [-0.3, -0.25) is 9.59 Å². The quantitative estimate of drug-likeness (QED) is 0.759. The fourth-order valence-electron chi connectivity index (χ4n) is 3.36. The van der Waals surface area contributed by atoms with Gasteiger partial charge in [0.05, 0.1) is 40.4 Å². The molecule has 2 aliphatic rings. The van der Waals surface area contributed by atoms with E-state index < -0.39 is 0 Å². The summed E-state index contributed by atoms with van der Waals surface area (Å²) in [7, 11) is 3.27. The van der Waals surface area contributed by atoms with Crippen molar-refractivity contribution in [3.63, 3.8) is 0 Å². The van der Waals surface area contributed by atoms with Gasteiger partial charge < -0.3 is 24.2 Å². The minimum absolute atomic E-state index is 0.0241. The summed E-state index contributed by atoms with van der Waals surface area (Å²) in [6, 6.07) is 6.00. The zero-order chi connectivity index (χ0) is 18.5. The first-order valence-electron chi connectivity index (χ1n) is 8.84. The van der Waals surface area contributed by atoms with Crippen LogP contribution in [0.4, 0.5) is 4.79 Å². The van der Waals surface area contributed by atoms with Gasteiger partial charge in [0, 0.05) is 17.9 Å². The molecule has 1 aromatic carbocycles. The highest BCUT2D eigenvalue weighted by Crippen LogP contribution is 2.27. The molecule has 2 amide bonds. The van der Waals surface area contributed by atoms with E-state index in [2.05, 4.69) is 6.07 Å². The minimum Gasteiger partial charge on any atom is -0.493 e. The number of amides is 2. The van der Waals surface area contributed by atoms with E-state index in [1.807, 2.05) is 17.0 Å². The number of carbonyl (C=O) groups excluding carboxylic acids is 2. The van der Waals surface area contributed by atoms with Crippen LogP contribution in [0.3, 0.4) is 0 Å². The number of ether oxygens (including phenoxy) is 2. The average molecular weight is 380 g/mol. The predicted molar refractivity (Wildman–Crippen MR) is 100.0 cm³/mol. The molecule has 0 unspecified atom stereocenters. The lowest BCUT2D eigenvalue weighted by Crippen LogP contribution is -3.13. The average Bonchev–Trinajstić information content (AvgIpc) is 3.06. The minimum atomic E-state index is 0.0241. The van der Waals surface area contributed by atoms with Crippen molar-refractivity contribution in [3.05, 3.63) is 23.8 Å². The molecule has 0 saturated carbocycles. The molecule has 2 fully saturated rings. The summed E-state index contributed by atoms with van der Waals surface area (Å²) in [5.74, 6) is 2.32. The fourth-order valence-corrected chi connectivity index (χ4v) is 4.19. The largest absolute Gasteiger partial charge is 0.493 e. The molecule has 26 heavy (non-hydrogen) atoms. The Morgan fingerprint density at radius 3 is 2.50 bits per heavy atom. The monoisotopic (exact) mass is 380 g/mol. The van der Waals surface area contributed by atoms with Crippen LogP contribution in [0.2, 0.25) is 0 Å². The molecule has 0 bridgehead atoms. The van der Waals surface area contributed by atoms with Gasteiger partial charge in [0.2, 0.25) is 5.91 Å². The lowest BCUT2D eigenvalue weighted by molar-refractivity contribution is -0.917. The van der Waals surface area contributed by atoms with Gasteiger partial charge in [-0.15, -0.1) is 0 Å². The van der Waals surface area contributed by atoms with E-state index in [-0.39, 0.29) is 17.7 Å². The Morgan fingerprint density at radius 2 is 1.88 bits per heavy atom. The van der Waals surface area contributed by atoms with Crippen LogP contribution in [0, 0.1) is 0 Å². The lowest BCUT2D eigenvalue weighted by atomic mass is 10.1. The lowest BCUT2D eigenvalue weighted by Gasteiger charge is -2.33. The molecule has 142 valence electrons. The van der Waals surface area contributed by atoms with Crippen LogP contribution in [0.15, 0.2) is 18.2 Å². The molecule has 0 atom stereocenters. The molecule has 2 heterocycles. The highest BCUT2D eigenvalue weighted by molar-refractivity contribution is 8.13. The maximum Gasteiger partial charge on any atom is 0.282 e. The Kier molecular flexibility index (Phi) is 6.26. The smallest absolute Gasteiger partial charge is 0.282 e. The zero-order valence-electron chi connectivity index (χ0n) is 15.3. The number of quaternary nitrogens is 1. The Hall–Kier alpha value is -1.93. The van der Waals surface area contributed by atoms with Crippen LogP contribution in [-0.2, 0) is 11.3 Å². The van der Waals surface area contributed by atoms with Crippen molar-refractivity contribution in [2.45, 2.75) is 6.54 Å². The van der Waals surface area contributed by atoms with E-state index in [4.69, 9.17) is 9.47 Å². The number of hydrogen-bond donors (Lipinski definition) is 1. The summed E-state index contributed by atoms with van der Waals surface area (Å²) in [6.07, 6.45) is 0. The van der Waals surface area contributed by atoms with Gasteiger partial charge in [-0.25, -0.2) is 0 Å². The number of piperazine rings is 1. The molecule has 8 heteroatoms. The third-order valence-corrected chi connectivity index (χ3v) is 5.79. The molecular formula is C18H26N3O4S+. The third kappa shape index (κ3) is 4.42. The maximum absolute atomic E-state index is 12.4. The zero-order valence-corrected chi connectivity index (χ0v) is 16.1. The molecule has 1 N–H and O–H groups in total. The van der Waals surface area contributed by atoms with Crippen molar-refractivity contribution in [1.29, 1.82) is 0 Å². The predicted octanol–water partition coefficient (Wildman–Crippen LogP) is 0.0997. The highest BCUT2D eigenvalue weighted by atomic mass is 32.2. The molecule has 1 aromatic rings. The normalized spacial score (nSPS) is 18.3. The summed E-state index contributed by atoms with van der Waals surface area (Å²) in [6.45, 7) is 5.07. The number of rotatable bonds is 6. The Morgan fingerprint density at radius 1 is 1.15 bits per heavy atom. The van der Waals surface area contributed by atoms with E-state index in [9.17, 15) is 9.59 Å². The molecule has 0 aromatic heterocycles. The Bertz CT molecular complexity index is 662. The van der Waals surface area contributed by atoms with Crippen molar-refractivity contribution in [1.82, 2.24) is 9.80 Å². The van der Waals surface area contributed by atoms with Crippen LogP contribution in [0.25, 0.3) is 0 Å². The van der Waals surface area contributed by atoms with Crippen LogP contribution in [-0.4, -0.2) is 80.2 Å². The highest BCUT2D eigenvalue weighted by Gasteiger charge is 2.28. The van der Waals surface area contributed by atoms with Crippen LogP contribution in [0.1, 0.15) is 5.56 Å². The molecule has 2 aliphatic heterocycles. The number of thioether (sulfide) groups is 1. The Balaban J connectivity index is 1.49. The third-order valence-electron chi connectivity index (χ3n) is 4.90. The molecule has 3 rings (SSSR count). The second-order valence-corrected chi connectivity index (χ2v) is 7.58. The molecule has 0 aliphatic carbocycles. The van der Waals surface area contributed by atoms with Gasteiger partial charge in [-0.1, -0.05) is 11.8 Å². The van der Waals surface area contributed by atoms with Crippen LogP contribution < -0.4 is 14.4 Å². The molecule has 7 nitrogen and oxygen atoms in total. The maximum atomic E-state index is 12.4. The molecule has 2 saturated heterocycles. The first kappa shape index (κ1) is 18.8. The van der Waals surface area contributed by atoms with Crippen molar-refractivity contribution >= 4 is 22.9 Å². The summed E-state index contributed by atoms with van der Waals surface area (Å²) in [4.78, 5) is 29.0. The Labute approximate surface area is 158 Å². The SMILES string of the molecule is COc1ccc(C[NH+]2CCN(C(=O)CN3CCSC3=O)CC2)cc1OC. The van der Waals surface area contributed by atoms with Crippen LogP contribution in [0.5, 0.6) is 11.5 Å². The second-order valence-electron chi connectivity index (χ2n) is 6.53. The second kappa shape index (κ2) is 8.64. The molecule has 0 radical (unpaired) electrons. The van der Waals surface area contributed by atoms with E-state index in [1.165, 1.54) is 22.2 Å². The van der Waals surface area contributed by atoms with Gasteiger partial charge in [-0.05, 0) is 18.2 Å². The number of carbonyl (C=O) groups is 2. The fraction of sp³-hybridized carbons (Fsp3) is 0.556. The number of hydrogen-bond acceptors (Lipinski definition) is 5. The van der Waals surface area contributed by atoms with Gasteiger partial charge in [0.25, 0.3) is 5.24 Å². The number of nitrogens with zero attached hydrogens (tertiary/aromatic N) is 2. The summed E-state index contributed by atoms with van der Waals surface area (Å²) in [5, 5.41) is 0.0241. The van der Waals surface area contributed by atoms with E-state index in [0.29, 0.717) is 6.54 Å². The van der Waals surface area contributed by atoms with Crippen molar-refractivity contribution in [2.75, 3.05) is 59.2 Å². The van der Waals surface area contributed by atoms with E-state index in [1.54, 1.807) is 19.1 Å². The van der Waals surface area contributed by atoms with Crippen molar-refractivity contribution < 1.29 is 24.0 Å². The first-order valence-corrected chi connectivity index (χ1v) is 9.83. The van der Waals surface area contributed by atoms with E-state index >= 15 is 0 Å². The van der Waals surface area contributed by atoms with Gasteiger partial charge in [0.15, 0.2) is 11.5 Å². The standard InChI is InChI=1S/C18H25N3O4S/c1-24-15-4-3-14(11-16(15)25-2)12-19-5-7-20(8-6-19)17(22)13-21-9-10-26-18(21)23/h3-4,11H,5-10,12-13H2,1-2H3/p+1. The molecular weight excluding hydrogens is 354 g/mol.